The topological polar surface area (TPSA) is 56.1 Å². The van der Waals surface area contributed by atoms with E-state index in [1.54, 1.807) is 12.4 Å². The lowest BCUT2D eigenvalue weighted by molar-refractivity contribution is 0.217. The standard InChI is InChI=1S/C18H19N5O/c1-14-19-7-8-23(14)17-11-20-16-13-22(9-10-24-18(16)21-17)12-15-5-3-2-4-6-15/h2-8,11H,9-10,12-13H2,1H3. The fourth-order valence-electron chi connectivity index (χ4n) is 2.89. The summed E-state index contributed by atoms with van der Waals surface area (Å²) in [6.45, 7) is 5.02. The van der Waals surface area contributed by atoms with Crippen LogP contribution in [0.3, 0.4) is 0 Å². The molecule has 2 aromatic heterocycles. The first-order chi connectivity index (χ1) is 11.8. The van der Waals surface area contributed by atoms with Crippen molar-refractivity contribution >= 4 is 0 Å². The molecule has 24 heavy (non-hydrogen) atoms. The minimum atomic E-state index is 0.612. The third-order valence-corrected chi connectivity index (χ3v) is 4.14. The highest BCUT2D eigenvalue weighted by Gasteiger charge is 2.19. The molecule has 0 unspecified atom stereocenters. The Morgan fingerprint density at radius 1 is 1.17 bits per heavy atom. The Balaban J connectivity index is 1.57. The molecule has 4 rings (SSSR count). The van der Waals surface area contributed by atoms with Gasteiger partial charge in [-0.15, -0.1) is 0 Å². The first kappa shape index (κ1) is 14.8. The largest absolute Gasteiger partial charge is 0.475 e. The van der Waals surface area contributed by atoms with Gasteiger partial charge >= 0.3 is 0 Å². The summed E-state index contributed by atoms with van der Waals surface area (Å²) in [6.07, 6.45) is 5.41. The molecule has 0 radical (unpaired) electrons. The monoisotopic (exact) mass is 321 g/mol. The Morgan fingerprint density at radius 3 is 2.83 bits per heavy atom. The number of hydrogen-bond acceptors (Lipinski definition) is 5. The van der Waals surface area contributed by atoms with Gasteiger partial charge in [-0.2, -0.15) is 4.98 Å². The van der Waals surface area contributed by atoms with Gasteiger partial charge < -0.3 is 4.74 Å². The molecule has 6 heteroatoms. The summed E-state index contributed by atoms with van der Waals surface area (Å²) in [6, 6.07) is 10.5. The summed E-state index contributed by atoms with van der Waals surface area (Å²) in [5, 5.41) is 0. The summed E-state index contributed by atoms with van der Waals surface area (Å²) in [5.74, 6) is 2.24. The van der Waals surface area contributed by atoms with Crippen molar-refractivity contribution < 1.29 is 4.74 Å². The van der Waals surface area contributed by atoms with Gasteiger partial charge in [0.25, 0.3) is 0 Å². The number of aromatic nitrogens is 4. The normalized spacial score (nSPS) is 14.7. The van der Waals surface area contributed by atoms with Crippen molar-refractivity contribution in [1.82, 2.24) is 24.4 Å². The molecule has 0 aliphatic carbocycles. The smallest absolute Gasteiger partial charge is 0.239 e. The van der Waals surface area contributed by atoms with E-state index in [0.717, 1.165) is 37.0 Å². The van der Waals surface area contributed by atoms with Crippen molar-refractivity contribution in [1.29, 1.82) is 0 Å². The van der Waals surface area contributed by atoms with Crippen LogP contribution in [-0.4, -0.2) is 37.6 Å². The van der Waals surface area contributed by atoms with Crippen LogP contribution in [0.15, 0.2) is 48.9 Å². The maximum absolute atomic E-state index is 5.85. The zero-order chi connectivity index (χ0) is 16.4. The van der Waals surface area contributed by atoms with Crippen LogP contribution < -0.4 is 4.74 Å². The van der Waals surface area contributed by atoms with Crippen LogP contribution in [0.25, 0.3) is 5.82 Å². The number of hydrogen-bond donors (Lipinski definition) is 0. The molecule has 1 aromatic carbocycles. The number of benzene rings is 1. The van der Waals surface area contributed by atoms with E-state index >= 15 is 0 Å². The van der Waals surface area contributed by atoms with Gasteiger partial charge in [0, 0.05) is 32.0 Å². The van der Waals surface area contributed by atoms with Gasteiger partial charge in [0.05, 0.1) is 6.20 Å². The molecule has 1 aliphatic heterocycles. The highest BCUT2D eigenvalue weighted by atomic mass is 16.5. The lowest BCUT2D eigenvalue weighted by Gasteiger charge is -2.18. The lowest BCUT2D eigenvalue weighted by Crippen LogP contribution is -2.25. The molecule has 0 amide bonds. The van der Waals surface area contributed by atoms with Gasteiger partial charge in [0.2, 0.25) is 5.88 Å². The van der Waals surface area contributed by atoms with Crippen LogP contribution >= 0.6 is 0 Å². The van der Waals surface area contributed by atoms with E-state index in [4.69, 9.17) is 4.74 Å². The van der Waals surface area contributed by atoms with Crippen molar-refractivity contribution in [3.05, 3.63) is 66.0 Å². The molecule has 0 spiro atoms. The highest BCUT2D eigenvalue weighted by molar-refractivity contribution is 5.29. The molecule has 6 nitrogen and oxygen atoms in total. The molecule has 0 fully saturated rings. The Labute approximate surface area is 140 Å². The van der Waals surface area contributed by atoms with Crippen LogP contribution in [0.5, 0.6) is 5.88 Å². The van der Waals surface area contributed by atoms with Gasteiger partial charge in [0.1, 0.15) is 18.1 Å². The molecular formula is C18H19N5O. The van der Waals surface area contributed by atoms with Crippen molar-refractivity contribution in [2.45, 2.75) is 20.0 Å². The summed E-state index contributed by atoms with van der Waals surface area (Å²) in [5.41, 5.74) is 2.17. The van der Waals surface area contributed by atoms with Crippen LogP contribution in [0.4, 0.5) is 0 Å². The molecule has 1 aliphatic rings. The molecule has 3 heterocycles. The van der Waals surface area contributed by atoms with Gasteiger partial charge in [0.15, 0.2) is 5.82 Å². The number of nitrogens with zero attached hydrogens (tertiary/aromatic N) is 5. The summed E-state index contributed by atoms with van der Waals surface area (Å²) in [7, 11) is 0. The molecule has 3 aromatic rings. The number of fused-ring (bicyclic) bond motifs is 1. The van der Waals surface area contributed by atoms with Crippen LogP contribution in [0, 0.1) is 6.92 Å². The molecule has 0 bridgehead atoms. The van der Waals surface area contributed by atoms with Gasteiger partial charge in [-0.1, -0.05) is 30.3 Å². The van der Waals surface area contributed by atoms with Crippen molar-refractivity contribution in [3.8, 4) is 11.7 Å². The Morgan fingerprint density at radius 2 is 2.04 bits per heavy atom. The SMILES string of the molecule is Cc1nccn1-c1cnc2c(n1)OCCN(Cc1ccccc1)C2. The molecular weight excluding hydrogens is 302 g/mol. The highest BCUT2D eigenvalue weighted by Crippen LogP contribution is 2.21. The first-order valence-corrected chi connectivity index (χ1v) is 8.05. The number of ether oxygens (including phenoxy) is 1. The Hall–Kier alpha value is -2.73. The fourth-order valence-corrected chi connectivity index (χ4v) is 2.89. The Kier molecular flexibility index (Phi) is 3.96. The Bertz CT molecular complexity index is 830. The number of aryl methyl sites for hydroxylation is 1. The molecule has 0 atom stereocenters. The summed E-state index contributed by atoms with van der Waals surface area (Å²) >= 11 is 0. The van der Waals surface area contributed by atoms with Crippen molar-refractivity contribution in [2.75, 3.05) is 13.2 Å². The van der Waals surface area contributed by atoms with Gasteiger partial charge in [-0.25, -0.2) is 4.98 Å². The molecule has 0 saturated carbocycles. The summed E-state index contributed by atoms with van der Waals surface area (Å²) < 4.78 is 7.75. The zero-order valence-electron chi connectivity index (χ0n) is 13.6. The van der Waals surface area contributed by atoms with E-state index < -0.39 is 0 Å². The summed E-state index contributed by atoms with van der Waals surface area (Å²) in [4.78, 5) is 15.8. The first-order valence-electron chi connectivity index (χ1n) is 8.05. The second-order valence-electron chi connectivity index (χ2n) is 5.87. The second-order valence-corrected chi connectivity index (χ2v) is 5.87. The van der Waals surface area contributed by atoms with Crippen molar-refractivity contribution in [3.63, 3.8) is 0 Å². The predicted octanol–water partition coefficient (Wildman–Crippen LogP) is 2.37. The second kappa shape index (κ2) is 6.41. The van der Waals surface area contributed by atoms with E-state index in [2.05, 4.69) is 44.1 Å². The van der Waals surface area contributed by atoms with Crippen LogP contribution in [0.2, 0.25) is 0 Å². The van der Waals surface area contributed by atoms with Crippen LogP contribution in [0.1, 0.15) is 17.1 Å². The third-order valence-electron chi connectivity index (χ3n) is 4.14. The predicted molar refractivity (Wildman–Crippen MR) is 89.9 cm³/mol. The zero-order valence-corrected chi connectivity index (χ0v) is 13.6. The van der Waals surface area contributed by atoms with Gasteiger partial charge in [-0.3, -0.25) is 14.5 Å². The van der Waals surface area contributed by atoms with E-state index in [9.17, 15) is 0 Å². The fraction of sp³-hybridized carbons (Fsp3) is 0.278. The minimum Gasteiger partial charge on any atom is -0.475 e. The lowest BCUT2D eigenvalue weighted by atomic mass is 10.2. The van der Waals surface area contributed by atoms with Crippen LogP contribution in [-0.2, 0) is 13.1 Å². The minimum absolute atomic E-state index is 0.612. The maximum atomic E-state index is 5.85. The average molecular weight is 321 g/mol. The molecule has 122 valence electrons. The van der Waals surface area contributed by atoms with E-state index in [0.29, 0.717) is 12.5 Å². The third kappa shape index (κ3) is 3.00. The van der Waals surface area contributed by atoms with E-state index in [1.165, 1.54) is 5.56 Å². The quantitative estimate of drug-likeness (QED) is 0.741. The van der Waals surface area contributed by atoms with E-state index in [1.807, 2.05) is 23.8 Å². The molecule has 0 saturated heterocycles. The maximum Gasteiger partial charge on any atom is 0.239 e. The van der Waals surface area contributed by atoms with Gasteiger partial charge in [-0.05, 0) is 12.5 Å². The number of rotatable bonds is 3. The average Bonchev–Trinajstić information content (AvgIpc) is 2.92. The van der Waals surface area contributed by atoms with E-state index in [-0.39, 0.29) is 0 Å². The van der Waals surface area contributed by atoms with Crippen molar-refractivity contribution in [2.24, 2.45) is 0 Å². The number of imidazole rings is 1. The molecule has 0 N–H and O–H groups in total.